The summed E-state index contributed by atoms with van der Waals surface area (Å²) in [6.07, 6.45) is 1.17. The number of hydrogen-bond acceptors (Lipinski definition) is 4. The van der Waals surface area contributed by atoms with E-state index in [1.165, 1.54) is 0 Å². The lowest BCUT2D eigenvalue weighted by molar-refractivity contribution is -0.110. The van der Waals surface area contributed by atoms with E-state index in [-0.39, 0.29) is 12.6 Å². The van der Waals surface area contributed by atoms with E-state index in [9.17, 15) is 4.79 Å². The molecule has 5 nitrogen and oxygen atoms in total. The molecule has 6 heteroatoms. The summed E-state index contributed by atoms with van der Waals surface area (Å²) in [6, 6.07) is 7.63. The largest absolute Gasteiger partial charge is 0.353 e. The van der Waals surface area contributed by atoms with Crippen molar-refractivity contribution < 1.29 is 19.1 Å². The molecule has 0 heterocycles. The van der Waals surface area contributed by atoms with Gasteiger partial charge in [0.05, 0.1) is 12.6 Å². The van der Waals surface area contributed by atoms with E-state index in [0.717, 1.165) is 11.1 Å². The second kappa shape index (κ2) is 7.35. The molecule has 0 aliphatic heterocycles. The maximum Gasteiger partial charge on any atom is 0.327 e. The van der Waals surface area contributed by atoms with Crippen molar-refractivity contribution in [3.05, 3.63) is 35.4 Å². The summed E-state index contributed by atoms with van der Waals surface area (Å²) < 4.78 is 4.71. The fraction of sp³-hybridized carbons (Fsp3) is 0.364. The molecular formula is C11H16NO4P. The van der Waals surface area contributed by atoms with Gasteiger partial charge in [-0.1, -0.05) is 29.8 Å². The van der Waals surface area contributed by atoms with Crippen molar-refractivity contribution >= 4 is 15.0 Å². The lowest BCUT2D eigenvalue weighted by atomic mass is 10.0. The summed E-state index contributed by atoms with van der Waals surface area (Å²) in [6.45, 7) is 2.06. The minimum absolute atomic E-state index is 0.0748. The summed E-state index contributed by atoms with van der Waals surface area (Å²) in [5.74, 6) is 0. The third-order valence-electron chi connectivity index (χ3n) is 2.26. The predicted octanol–water partition coefficient (Wildman–Crippen LogP) is 0.880. The van der Waals surface area contributed by atoms with Crippen LogP contribution in [0.25, 0.3) is 0 Å². The molecule has 0 aliphatic rings. The van der Waals surface area contributed by atoms with Gasteiger partial charge in [0.1, 0.15) is 0 Å². The lowest BCUT2D eigenvalue weighted by Gasteiger charge is -2.16. The van der Waals surface area contributed by atoms with Crippen LogP contribution in [0.2, 0.25) is 0 Å². The number of carbonyl (C=O) groups excluding carboxylic acids is 1. The molecule has 0 spiro atoms. The van der Waals surface area contributed by atoms with Crippen LogP contribution in [0.4, 0.5) is 0 Å². The van der Waals surface area contributed by atoms with Crippen LogP contribution in [-0.2, 0) is 15.7 Å². The van der Waals surface area contributed by atoms with Gasteiger partial charge in [-0.15, -0.1) is 0 Å². The van der Waals surface area contributed by atoms with Crippen molar-refractivity contribution in [1.82, 2.24) is 5.32 Å². The summed E-state index contributed by atoms with van der Waals surface area (Å²) in [4.78, 5) is 27.8. The Hall–Kier alpha value is -1.00. The van der Waals surface area contributed by atoms with Gasteiger partial charge in [-0.25, -0.2) is 0 Å². The first-order valence-electron chi connectivity index (χ1n) is 5.18. The molecule has 1 aromatic carbocycles. The molecule has 1 unspecified atom stereocenters. The molecule has 1 amide bonds. The van der Waals surface area contributed by atoms with Crippen molar-refractivity contribution in [3.63, 3.8) is 0 Å². The molecule has 1 rings (SSSR count). The molecule has 0 aliphatic carbocycles. The molecule has 3 N–H and O–H groups in total. The zero-order chi connectivity index (χ0) is 12.7. The van der Waals surface area contributed by atoms with E-state index >= 15 is 0 Å². The fourth-order valence-electron chi connectivity index (χ4n) is 1.54. The first kappa shape index (κ1) is 14.1. The van der Waals surface area contributed by atoms with Gasteiger partial charge in [0.2, 0.25) is 6.41 Å². The van der Waals surface area contributed by atoms with E-state index in [4.69, 9.17) is 14.3 Å². The fourth-order valence-corrected chi connectivity index (χ4v) is 1.86. The molecule has 0 aromatic heterocycles. The Morgan fingerprint density at radius 2 is 2.29 bits per heavy atom. The normalized spacial score (nSPS) is 12.5. The molecule has 94 valence electrons. The summed E-state index contributed by atoms with van der Waals surface area (Å²) in [5, 5.41) is 2.59. The molecule has 0 saturated carbocycles. The minimum atomic E-state index is -2.38. The summed E-state index contributed by atoms with van der Waals surface area (Å²) in [5.41, 5.74) is 2.20. The van der Waals surface area contributed by atoms with E-state index in [0.29, 0.717) is 12.8 Å². The third kappa shape index (κ3) is 5.75. The standard InChI is InChI=1S/C11H16NO4P/c1-9-3-2-4-10(5-9)6-11(12-8-13)7-16-17(14)15/h2-5,8,11,14-15H,6-7H2,1H3,(H,12,13). The van der Waals surface area contributed by atoms with Crippen molar-refractivity contribution in [1.29, 1.82) is 0 Å². The summed E-state index contributed by atoms with van der Waals surface area (Å²) in [7, 11) is -2.38. The Balaban J connectivity index is 2.56. The molecular weight excluding hydrogens is 241 g/mol. The lowest BCUT2D eigenvalue weighted by Crippen LogP contribution is -2.34. The number of amides is 1. The molecule has 1 aromatic rings. The van der Waals surface area contributed by atoms with Gasteiger partial charge in [-0.3, -0.25) is 4.79 Å². The highest BCUT2D eigenvalue weighted by molar-refractivity contribution is 7.39. The van der Waals surface area contributed by atoms with Gasteiger partial charge in [-0.05, 0) is 18.9 Å². The van der Waals surface area contributed by atoms with Crippen LogP contribution in [0.3, 0.4) is 0 Å². The molecule has 0 radical (unpaired) electrons. The summed E-state index contributed by atoms with van der Waals surface area (Å²) >= 11 is 0. The average molecular weight is 257 g/mol. The molecule has 1 atom stereocenters. The first-order chi connectivity index (χ1) is 8.11. The second-order valence-electron chi connectivity index (χ2n) is 3.72. The Morgan fingerprint density at radius 3 is 2.88 bits per heavy atom. The Morgan fingerprint density at radius 1 is 1.53 bits per heavy atom. The van der Waals surface area contributed by atoms with Crippen LogP contribution in [-0.4, -0.2) is 28.8 Å². The van der Waals surface area contributed by atoms with Crippen LogP contribution in [0.15, 0.2) is 24.3 Å². The maximum atomic E-state index is 10.4. The number of hydrogen-bond donors (Lipinski definition) is 3. The van der Waals surface area contributed by atoms with E-state index in [1.54, 1.807) is 0 Å². The van der Waals surface area contributed by atoms with E-state index in [1.807, 2.05) is 31.2 Å². The SMILES string of the molecule is Cc1cccc(CC(COP(O)O)NC=O)c1. The van der Waals surface area contributed by atoms with E-state index < -0.39 is 8.60 Å². The number of carbonyl (C=O) groups is 1. The monoisotopic (exact) mass is 257 g/mol. The quantitative estimate of drug-likeness (QED) is 0.500. The molecule has 0 fully saturated rings. The number of benzene rings is 1. The van der Waals surface area contributed by atoms with Crippen LogP contribution in [0, 0.1) is 6.92 Å². The van der Waals surface area contributed by atoms with Crippen LogP contribution >= 0.6 is 8.60 Å². The van der Waals surface area contributed by atoms with Crippen molar-refractivity contribution in [2.75, 3.05) is 6.61 Å². The highest BCUT2D eigenvalue weighted by atomic mass is 31.2. The van der Waals surface area contributed by atoms with Crippen LogP contribution < -0.4 is 5.32 Å². The maximum absolute atomic E-state index is 10.4. The molecule has 17 heavy (non-hydrogen) atoms. The third-order valence-corrected chi connectivity index (χ3v) is 2.64. The smallest absolute Gasteiger partial charge is 0.327 e. The number of rotatable bonds is 7. The van der Waals surface area contributed by atoms with E-state index in [2.05, 4.69) is 5.32 Å². The predicted molar refractivity (Wildman–Crippen MR) is 65.2 cm³/mol. The Kier molecular flexibility index (Phi) is 6.08. The Labute approximate surface area is 101 Å². The average Bonchev–Trinajstić information content (AvgIpc) is 2.26. The topological polar surface area (TPSA) is 78.8 Å². The van der Waals surface area contributed by atoms with Crippen LogP contribution in [0.1, 0.15) is 11.1 Å². The van der Waals surface area contributed by atoms with Crippen molar-refractivity contribution in [2.45, 2.75) is 19.4 Å². The highest BCUT2D eigenvalue weighted by Gasteiger charge is 2.11. The first-order valence-corrected chi connectivity index (χ1v) is 6.34. The highest BCUT2D eigenvalue weighted by Crippen LogP contribution is 2.24. The zero-order valence-electron chi connectivity index (χ0n) is 9.54. The number of aryl methyl sites for hydroxylation is 1. The van der Waals surface area contributed by atoms with Gasteiger partial charge in [-0.2, -0.15) is 0 Å². The van der Waals surface area contributed by atoms with Gasteiger partial charge < -0.3 is 19.6 Å². The zero-order valence-corrected chi connectivity index (χ0v) is 10.4. The van der Waals surface area contributed by atoms with Crippen molar-refractivity contribution in [2.24, 2.45) is 0 Å². The van der Waals surface area contributed by atoms with Gasteiger partial charge >= 0.3 is 8.60 Å². The molecule has 0 bridgehead atoms. The van der Waals surface area contributed by atoms with Crippen molar-refractivity contribution in [3.8, 4) is 0 Å². The van der Waals surface area contributed by atoms with Crippen LogP contribution in [0.5, 0.6) is 0 Å². The second-order valence-corrected chi connectivity index (χ2v) is 4.49. The Bertz CT molecular complexity index is 359. The van der Waals surface area contributed by atoms with Gasteiger partial charge in [0.25, 0.3) is 0 Å². The minimum Gasteiger partial charge on any atom is -0.353 e. The molecule has 0 saturated heterocycles. The number of nitrogens with one attached hydrogen (secondary N) is 1. The van der Waals surface area contributed by atoms with Gasteiger partial charge in [0, 0.05) is 0 Å². The van der Waals surface area contributed by atoms with Gasteiger partial charge in [0.15, 0.2) is 0 Å².